The Hall–Kier alpha value is -2.65. The highest BCUT2D eigenvalue weighted by Gasteiger charge is 2.54. The molecule has 12 nitrogen and oxygen atoms in total. The standard InChI is InChI=1S/C14H12N6O6S3/c21-7(1-19-2-8(22)26-18-19)16-9-11(23)20-10(13(24)25)6(3-27-12(9)20)4-28-14-17-15-5-29-14/h2,5,9,12H,1,3-4H2,(H2-,16,18,21,22,24,25)/t9?,12-/m0/s1. The summed E-state index contributed by atoms with van der Waals surface area (Å²) in [5.74, 6) is -2.14. The van der Waals surface area contributed by atoms with Crippen molar-refractivity contribution in [3.8, 4) is 5.95 Å². The summed E-state index contributed by atoms with van der Waals surface area (Å²) in [6, 6.07) is -0.849. The van der Waals surface area contributed by atoms with Crippen LogP contribution in [0.5, 0.6) is 5.95 Å². The van der Waals surface area contributed by atoms with E-state index in [2.05, 4.69) is 25.3 Å². The average Bonchev–Trinajstić information content (AvgIpc) is 3.35. The molecule has 4 rings (SSSR count). The Kier molecular flexibility index (Phi) is 5.42. The zero-order valence-corrected chi connectivity index (χ0v) is 16.8. The van der Waals surface area contributed by atoms with Crippen LogP contribution in [0.4, 0.5) is 0 Å². The molecule has 1 saturated heterocycles. The summed E-state index contributed by atoms with van der Waals surface area (Å²) in [6.45, 7) is -0.293. The third kappa shape index (κ3) is 3.92. The smallest absolute Gasteiger partial charge is 0.352 e. The summed E-state index contributed by atoms with van der Waals surface area (Å²) in [5, 5.41) is 33.6. The summed E-state index contributed by atoms with van der Waals surface area (Å²) < 4.78 is 6.06. The molecule has 2 aliphatic rings. The first-order valence-electron chi connectivity index (χ1n) is 8.06. The van der Waals surface area contributed by atoms with Crippen LogP contribution in [-0.2, 0) is 20.9 Å². The molecule has 2 aromatic heterocycles. The fourth-order valence-corrected chi connectivity index (χ4v) is 5.84. The van der Waals surface area contributed by atoms with Crippen LogP contribution < -0.4 is 15.1 Å². The number of thioether (sulfide) groups is 2. The van der Waals surface area contributed by atoms with Gasteiger partial charge in [0.2, 0.25) is 6.20 Å². The topological polar surface area (TPSA) is 165 Å². The van der Waals surface area contributed by atoms with Crippen molar-refractivity contribution in [3.63, 3.8) is 0 Å². The van der Waals surface area contributed by atoms with Crippen molar-refractivity contribution < 1.29 is 33.8 Å². The summed E-state index contributed by atoms with van der Waals surface area (Å²) in [5.41, 5.74) is 2.14. The minimum Gasteiger partial charge on any atom is -0.539 e. The summed E-state index contributed by atoms with van der Waals surface area (Å²) in [4.78, 5) is 37.7. The van der Waals surface area contributed by atoms with Crippen LogP contribution in [0.1, 0.15) is 0 Å². The first kappa shape index (κ1) is 19.7. The third-order valence-corrected chi connectivity index (χ3v) is 7.36. The number of fused-ring (bicyclic) bond motifs is 1. The van der Waals surface area contributed by atoms with Crippen LogP contribution in [0.3, 0.4) is 0 Å². The zero-order valence-electron chi connectivity index (χ0n) is 14.4. The van der Waals surface area contributed by atoms with Crippen molar-refractivity contribution in [2.75, 3.05) is 11.5 Å². The molecule has 152 valence electrons. The van der Waals surface area contributed by atoms with E-state index in [4.69, 9.17) is 0 Å². The van der Waals surface area contributed by atoms with Crippen LogP contribution in [0.25, 0.3) is 0 Å². The van der Waals surface area contributed by atoms with Gasteiger partial charge in [-0.05, 0) is 5.57 Å². The molecule has 0 saturated carbocycles. The lowest BCUT2D eigenvalue weighted by molar-refractivity contribution is -0.751. The van der Waals surface area contributed by atoms with Gasteiger partial charge in [-0.3, -0.25) is 14.5 Å². The zero-order chi connectivity index (χ0) is 20.5. The van der Waals surface area contributed by atoms with Crippen molar-refractivity contribution in [1.82, 2.24) is 25.7 Å². The monoisotopic (exact) mass is 456 g/mol. The maximum Gasteiger partial charge on any atom is 0.352 e. The number of carbonyl (C=O) groups excluding carboxylic acids is 2. The second kappa shape index (κ2) is 8.00. The maximum atomic E-state index is 12.6. The normalized spacial score (nSPS) is 21.0. The molecular formula is C14H12N6O6S3. The highest BCUT2D eigenvalue weighted by molar-refractivity contribution is 8.01. The van der Waals surface area contributed by atoms with Crippen LogP contribution in [-0.4, -0.2) is 66.2 Å². The van der Waals surface area contributed by atoms with E-state index in [1.165, 1.54) is 39.8 Å². The summed E-state index contributed by atoms with van der Waals surface area (Å²) in [7, 11) is 0. The highest BCUT2D eigenvalue weighted by atomic mass is 32.2. The van der Waals surface area contributed by atoms with Gasteiger partial charge in [0.15, 0.2) is 4.34 Å². The first-order chi connectivity index (χ1) is 13.9. The number of carboxylic acids is 1. The molecule has 29 heavy (non-hydrogen) atoms. The minimum atomic E-state index is -1.19. The number of carboxylic acid groups (broad SMARTS) is 1. The van der Waals surface area contributed by atoms with Crippen LogP contribution >= 0.6 is 34.9 Å². The molecule has 1 unspecified atom stereocenters. The number of hydrogen-bond donors (Lipinski definition) is 2. The second-order valence-electron chi connectivity index (χ2n) is 5.92. The predicted molar refractivity (Wildman–Crippen MR) is 96.5 cm³/mol. The molecule has 15 heteroatoms. The first-order valence-corrected chi connectivity index (χ1v) is 11.0. The van der Waals surface area contributed by atoms with E-state index in [9.17, 15) is 24.6 Å². The van der Waals surface area contributed by atoms with Gasteiger partial charge in [0.05, 0.1) is 5.27 Å². The van der Waals surface area contributed by atoms with Crippen molar-refractivity contribution >= 4 is 52.6 Å². The molecule has 2 atom stereocenters. The van der Waals surface area contributed by atoms with E-state index in [0.29, 0.717) is 21.4 Å². The van der Waals surface area contributed by atoms with Crippen LogP contribution in [0.15, 0.2) is 31.8 Å². The number of nitrogens with one attached hydrogen (secondary N) is 1. The lowest BCUT2D eigenvalue weighted by Crippen LogP contribution is -2.71. The number of carbonyl (C=O) groups is 3. The Morgan fingerprint density at radius 2 is 2.34 bits per heavy atom. The van der Waals surface area contributed by atoms with Gasteiger partial charge in [-0.25, -0.2) is 4.79 Å². The number of aliphatic carboxylic acids is 1. The number of hydrogen-bond acceptors (Lipinski definition) is 11. The van der Waals surface area contributed by atoms with Crippen molar-refractivity contribution in [1.29, 1.82) is 0 Å². The molecule has 2 N–H and O–H groups in total. The van der Waals surface area contributed by atoms with Gasteiger partial charge in [0.25, 0.3) is 18.4 Å². The molecule has 0 aliphatic carbocycles. The predicted octanol–water partition coefficient (Wildman–Crippen LogP) is -1.58. The fourth-order valence-electron chi connectivity index (χ4n) is 2.87. The van der Waals surface area contributed by atoms with E-state index in [0.717, 1.165) is 10.9 Å². The van der Waals surface area contributed by atoms with E-state index < -0.39 is 35.1 Å². The lowest BCUT2D eigenvalue weighted by Gasteiger charge is -2.49. The van der Waals surface area contributed by atoms with Crippen LogP contribution in [0, 0.1) is 0 Å². The largest absolute Gasteiger partial charge is 0.539 e. The molecule has 4 heterocycles. The summed E-state index contributed by atoms with van der Waals surface area (Å²) in [6.07, 6.45) is 1.01. The van der Waals surface area contributed by atoms with Crippen molar-refractivity contribution in [2.45, 2.75) is 22.3 Å². The van der Waals surface area contributed by atoms with E-state index in [-0.39, 0.29) is 12.2 Å². The summed E-state index contributed by atoms with van der Waals surface area (Å²) >= 11 is 4.08. The molecule has 0 spiro atoms. The quantitative estimate of drug-likeness (QED) is 0.280. The number of nitrogens with zero attached hydrogens (tertiary/aromatic N) is 5. The van der Waals surface area contributed by atoms with Gasteiger partial charge in [-0.1, -0.05) is 27.8 Å². The Balaban J connectivity index is 1.43. The maximum absolute atomic E-state index is 12.6. The molecule has 2 aliphatic heterocycles. The number of β-lactam (4-membered cyclic amide) rings is 1. The van der Waals surface area contributed by atoms with E-state index in [1.807, 2.05) is 0 Å². The molecule has 0 bridgehead atoms. The molecule has 2 amide bonds. The SMILES string of the molecule is O=C(C[n+]1cc([O-])on1)NC1C(=O)N2C(C(=O)O)=C(CSc3nncs3)CS[C@@H]12. The molecule has 0 aromatic carbocycles. The molecule has 0 radical (unpaired) electrons. The van der Waals surface area contributed by atoms with Gasteiger partial charge in [-0.2, -0.15) is 0 Å². The van der Waals surface area contributed by atoms with E-state index in [1.54, 1.807) is 5.51 Å². The highest BCUT2D eigenvalue weighted by Crippen LogP contribution is 2.41. The van der Waals surface area contributed by atoms with Crippen molar-refractivity contribution in [2.24, 2.45) is 0 Å². The van der Waals surface area contributed by atoms with Gasteiger partial charge in [0.1, 0.15) is 28.6 Å². The van der Waals surface area contributed by atoms with Gasteiger partial charge >= 0.3 is 5.97 Å². The Bertz CT molecular complexity index is 992. The van der Waals surface area contributed by atoms with Gasteiger partial charge in [-0.15, -0.1) is 22.0 Å². The third-order valence-electron chi connectivity index (χ3n) is 4.07. The lowest BCUT2D eigenvalue weighted by atomic mass is 10.0. The Labute approximate surface area is 174 Å². The number of aromatic nitrogens is 4. The number of amides is 2. The Morgan fingerprint density at radius 3 is 3.00 bits per heavy atom. The Morgan fingerprint density at radius 1 is 1.52 bits per heavy atom. The number of rotatable bonds is 7. The van der Waals surface area contributed by atoms with Crippen LogP contribution in [0.2, 0.25) is 0 Å². The average molecular weight is 456 g/mol. The molecule has 1 fully saturated rings. The van der Waals surface area contributed by atoms with Crippen molar-refractivity contribution in [3.05, 3.63) is 23.0 Å². The van der Waals surface area contributed by atoms with Gasteiger partial charge in [0, 0.05) is 11.5 Å². The van der Waals surface area contributed by atoms with E-state index >= 15 is 0 Å². The minimum absolute atomic E-state index is 0.0527. The molecular weight excluding hydrogens is 444 g/mol. The second-order valence-corrected chi connectivity index (χ2v) is 9.08. The fraction of sp³-hybridized carbons (Fsp3) is 0.357. The molecule has 2 aromatic rings. The van der Waals surface area contributed by atoms with Gasteiger partial charge < -0.3 is 20.1 Å².